The van der Waals surface area contributed by atoms with Crippen LogP contribution in [0.4, 0.5) is 0 Å². The lowest BCUT2D eigenvalue weighted by molar-refractivity contribution is -0.245. The van der Waals surface area contributed by atoms with Gasteiger partial charge in [-0.05, 0) is 38.1 Å². The lowest BCUT2D eigenvalue weighted by atomic mass is 9.71. The van der Waals surface area contributed by atoms with Crippen molar-refractivity contribution in [3.63, 3.8) is 0 Å². The summed E-state index contributed by atoms with van der Waals surface area (Å²) in [6.45, 7) is 3.04. The van der Waals surface area contributed by atoms with Crippen LogP contribution in [0.5, 0.6) is 17.2 Å². The molecule has 49 heavy (non-hydrogen) atoms. The second-order valence-electron chi connectivity index (χ2n) is 12.3. The Morgan fingerprint density at radius 3 is 2.47 bits per heavy atom. The van der Waals surface area contributed by atoms with Gasteiger partial charge in [-0.25, -0.2) is 5.43 Å². The normalized spacial score (nSPS) is 26.4. The minimum absolute atomic E-state index is 0.0145. The number of ether oxygens (including phenoxy) is 3. The SMILES string of the molecule is COc1cccc2c1C(=O)c1c(O)c3c(c(O)c1C2=O)C[C@@](O)(/C(C)=N/NC(=O)c1ccc(Cl)c(Cl)c1)C[C@@H]3O[C@H]1C[C@H](N)[C@H](O)[C@H](C)O1. The molecule has 258 valence electrons. The number of benzene rings is 3. The number of ketones is 2. The number of nitrogens with one attached hydrogen (secondary N) is 1. The van der Waals surface area contributed by atoms with Crippen molar-refractivity contribution in [1.29, 1.82) is 0 Å². The minimum Gasteiger partial charge on any atom is -0.507 e. The average Bonchev–Trinajstić information content (AvgIpc) is 3.06. The second-order valence-corrected chi connectivity index (χ2v) is 13.2. The van der Waals surface area contributed by atoms with Gasteiger partial charge in [0.15, 0.2) is 12.1 Å². The molecule has 0 radical (unpaired) electrons. The van der Waals surface area contributed by atoms with Crippen LogP contribution in [0, 0.1) is 0 Å². The quantitative estimate of drug-likeness (QED) is 0.0966. The number of hydrogen-bond donors (Lipinski definition) is 6. The number of phenolic OH excluding ortho intramolecular Hbond substituents is 2. The largest absolute Gasteiger partial charge is 0.507 e. The highest BCUT2D eigenvalue weighted by molar-refractivity contribution is 6.42. The van der Waals surface area contributed by atoms with Crippen molar-refractivity contribution >= 4 is 46.4 Å². The topological polar surface area (TPSA) is 210 Å². The Hall–Kier alpha value is -4.08. The first-order valence-corrected chi connectivity index (χ1v) is 16.1. The van der Waals surface area contributed by atoms with Crippen molar-refractivity contribution in [2.24, 2.45) is 10.8 Å². The number of halogens is 2. The summed E-state index contributed by atoms with van der Waals surface area (Å²) in [5.41, 5.74) is 5.55. The zero-order valence-corrected chi connectivity index (χ0v) is 28.0. The standard InChI is InChI=1S/C34H33Cl2N3O10/c1-13-28(40)20(37)10-23(48-13)49-22-12-34(46,14(2)38-39-33(45)15-7-8-18(35)19(36)9-15)11-17-25(22)32(44)27-26(30(17)42)29(41)16-5-4-6-21(47-3)24(16)31(27)43/h4-9,13,20,22-23,28,40,42,44,46H,10-12,37H2,1-3H3,(H,39,45)/b38-14+/t13-,20-,22-,23-,28+,34-/m0/s1. The number of rotatable bonds is 6. The van der Waals surface area contributed by atoms with Gasteiger partial charge >= 0.3 is 0 Å². The van der Waals surface area contributed by atoms with E-state index in [1.54, 1.807) is 6.92 Å². The fourth-order valence-electron chi connectivity index (χ4n) is 6.61. The average molecular weight is 715 g/mol. The summed E-state index contributed by atoms with van der Waals surface area (Å²) >= 11 is 12.0. The van der Waals surface area contributed by atoms with Gasteiger partial charge in [-0.2, -0.15) is 5.10 Å². The van der Waals surface area contributed by atoms with Crippen LogP contribution in [0.2, 0.25) is 10.0 Å². The summed E-state index contributed by atoms with van der Waals surface area (Å²) in [5.74, 6) is -3.32. The molecule has 15 heteroatoms. The minimum atomic E-state index is -1.94. The number of nitrogens with two attached hydrogens (primary N) is 1. The molecule has 2 aliphatic carbocycles. The number of carbonyl (C=O) groups is 3. The number of carbonyl (C=O) groups excluding carboxylic acids is 3. The number of hydrogen-bond acceptors (Lipinski definition) is 12. The molecule has 3 aromatic carbocycles. The first-order chi connectivity index (χ1) is 23.2. The molecule has 0 unspecified atom stereocenters. The van der Waals surface area contributed by atoms with Gasteiger partial charge < -0.3 is 40.4 Å². The number of methoxy groups -OCH3 is 1. The summed E-state index contributed by atoms with van der Waals surface area (Å²) in [4.78, 5) is 40.6. The number of aromatic hydroxyl groups is 2. The van der Waals surface area contributed by atoms with Gasteiger partial charge in [0.05, 0.1) is 57.9 Å². The van der Waals surface area contributed by atoms with Crippen LogP contribution in [-0.4, -0.2) is 80.9 Å². The predicted octanol–water partition coefficient (Wildman–Crippen LogP) is 3.55. The molecular formula is C34H33Cl2N3O10. The van der Waals surface area contributed by atoms with E-state index in [0.717, 1.165) is 0 Å². The van der Waals surface area contributed by atoms with Gasteiger partial charge in [-0.1, -0.05) is 35.3 Å². The van der Waals surface area contributed by atoms with E-state index in [1.807, 2.05) is 0 Å². The number of phenols is 2. The highest BCUT2D eigenvalue weighted by Gasteiger charge is 2.49. The molecule has 1 saturated heterocycles. The van der Waals surface area contributed by atoms with Gasteiger partial charge in [0, 0.05) is 47.6 Å². The summed E-state index contributed by atoms with van der Waals surface area (Å²) < 4.78 is 17.5. The fraction of sp³-hybridized carbons (Fsp3) is 0.353. The zero-order chi connectivity index (χ0) is 35.5. The highest BCUT2D eigenvalue weighted by atomic mass is 35.5. The van der Waals surface area contributed by atoms with Gasteiger partial charge in [0.1, 0.15) is 22.8 Å². The fourth-order valence-corrected chi connectivity index (χ4v) is 6.90. The summed E-state index contributed by atoms with van der Waals surface area (Å²) in [5, 5.41) is 50.4. The maximum atomic E-state index is 13.9. The molecule has 1 aliphatic heterocycles. The Labute approximate surface area is 290 Å². The van der Waals surface area contributed by atoms with E-state index in [0.29, 0.717) is 0 Å². The van der Waals surface area contributed by atoms with E-state index in [1.165, 1.54) is 50.4 Å². The Morgan fingerprint density at radius 1 is 1.08 bits per heavy atom. The van der Waals surface area contributed by atoms with Gasteiger partial charge in [-0.3, -0.25) is 14.4 Å². The number of hydrazone groups is 1. The maximum Gasteiger partial charge on any atom is 0.271 e. The van der Waals surface area contributed by atoms with Crippen molar-refractivity contribution in [2.75, 3.05) is 7.11 Å². The van der Waals surface area contributed by atoms with Gasteiger partial charge in [0.25, 0.3) is 5.91 Å². The van der Waals surface area contributed by atoms with Crippen molar-refractivity contribution < 1.29 is 49.0 Å². The molecular weight excluding hydrogens is 681 g/mol. The first kappa shape index (κ1) is 34.8. The third-order valence-corrected chi connectivity index (χ3v) is 10.1. The zero-order valence-electron chi connectivity index (χ0n) is 26.5. The molecule has 3 aromatic rings. The third-order valence-electron chi connectivity index (χ3n) is 9.32. The summed E-state index contributed by atoms with van der Waals surface area (Å²) in [6.07, 6.45) is -4.71. The molecule has 1 heterocycles. The van der Waals surface area contributed by atoms with Crippen LogP contribution in [-0.2, 0) is 15.9 Å². The monoisotopic (exact) mass is 713 g/mol. The Kier molecular flexibility index (Phi) is 9.22. The molecule has 6 atom stereocenters. The lowest BCUT2D eigenvalue weighted by Gasteiger charge is -2.42. The number of aliphatic hydroxyl groups is 2. The van der Waals surface area contributed by atoms with Crippen LogP contribution >= 0.6 is 23.2 Å². The lowest BCUT2D eigenvalue weighted by Crippen LogP contribution is -2.52. The number of aliphatic hydroxyl groups excluding tert-OH is 1. The highest BCUT2D eigenvalue weighted by Crippen LogP contribution is 2.52. The first-order valence-electron chi connectivity index (χ1n) is 15.3. The molecule has 1 amide bonds. The van der Waals surface area contributed by atoms with Crippen LogP contribution in [0.1, 0.15) is 86.1 Å². The molecule has 0 saturated carbocycles. The molecule has 6 rings (SSSR count). The van der Waals surface area contributed by atoms with Crippen molar-refractivity contribution in [3.05, 3.63) is 85.4 Å². The van der Waals surface area contributed by atoms with E-state index >= 15 is 0 Å². The summed E-state index contributed by atoms with van der Waals surface area (Å²) in [7, 11) is 1.33. The van der Waals surface area contributed by atoms with Crippen molar-refractivity contribution in [1.82, 2.24) is 5.43 Å². The molecule has 13 nitrogen and oxygen atoms in total. The van der Waals surface area contributed by atoms with Gasteiger partial charge in [0.2, 0.25) is 5.78 Å². The molecule has 3 aliphatic rings. The summed E-state index contributed by atoms with van der Waals surface area (Å²) in [6, 6.07) is 7.92. The van der Waals surface area contributed by atoms with Crippen molar-refractivity contribution in [2.45, 2.75) is 69.4 Å². The molecule has 1 fully saturated rings. The van der Waals surface area contributed by atoms with Crippen LogP contribution in [0.15, 0.2) is 41.5 Å². The van der Waals surface area contributed by atoms with E-state index in [2.05, 4.69) is 10.5 Å². The number of fused-ring (bicyclic) bond motifs is 3. The van der Waals surface area contributed by atoms with E-state index in [4.69, 9.17) is 43.1 Å². The Balaban J connectivity index is 1.44. The van der Waals surface area contributed by atoms with E-state index < -0.39 is 82.8 Å². The third kappa shape index (κ3) is 5.95. The van der Waals surface area contributed by atoms with Crippen molar-refractivity contribution in [3.8, 4) is 17.2 Å². The van der Waals surface area contributed by atoms with E-state index in [9.17, 15) is 34.8 Å². The molecule has 0 bridgehead atoms. The molecule has 0 aromatic heterocycles. The van der Waals surface area contributed by atoms with E-state index in [-0.39, 0.29) is 62.2 Å². The van der Waals surface area contributed by atoms with Crippen LogP contribution < -0.4 is 15.9 Å². The Bertz CT molecular complexity index is 1920. The smallest absolute Gasteiger partial charge is 0.271 e. The molecule has 7 N–H and O–H groups in total. The number of nitrogens with zero attached hydrogens (tertiary/aromatic N) is 1. The maximum absolute atomic E-state index is 13.9. The van der Waals surface area contributed by atoms with Gasteiger partial charge in [-0.15, -0.1) is 0 Å². The van der Waals surface area contributed by atoms with Crippen LogP contribution in [0.25, 0.3) is 0 Å². The van der Waals surface area contributed by atoms with Crippen LogP contribution in [0.3, 0.4) is 0 Å². The second kappa shape index (κ2) is 13.0. The Morgan fingerprint density at radius 2 is 1.80 bits per heavy atom. The predicted molar refractivity (Wildman–Crippen MR) is 177 cm³/mol. The molecule has 0 spiro atoms. The number of amides is 1.